The summed E-state index contributed by atoms with van der Waals surface area (Å²) in [4.78, 5) is 25.6. The summed E-state index contributed by atoms with van der Waals surface area (Å²) in [6, 6.07) is 0. The standard InChI is InChI=1S/C13H19N3O4/c1-4-5-8-20-11-9(13(18)19-3)14-16-7-6-15(2)12(17)10(11)16/h4-8H2,1-3H3. The molecule has 1 amide bonds. The van der Waals surface area contributed by atoms with Crippen molar-refractivity contribution in [2.24, 2.45) is 0 Å². The number of ether oxygens (including phenoxy) is 2. The van der Waals surface area contributed by atoms with Gasteiger partial charge in [-0.3, -0.25) is 9.48 Å². The second kappa shape index (κ2) is 5.94. The van der Waals surface area contributed by atoms with Crippen molar-refractivity contribution in [3.05, 3.63) is 11.4 Å². The molecule has 0 atom stereocenters. The Morgan fingerprint density at radius 2 is 2.15 bits per heavy atom. The van der Waals surface area contributed by atoms with Crippen LogP contribution in [0, 0.1) is 0 Å². The summed E-state index contributed by atoms with van der Waals surface area (Å²) in [5.41, 5.74) is 0.400. The average molecular weight is 281 g/mol. The van der Waals surface area contributed by atoms with Gasteiger partial charge in [0.25, 0.3) is 5.91 Å². The Morgan fingerprint density at radius 3 is 2.80 bits per heavy atom. The molecule has 0 saturated carbocycles. The molecule has 1 aliphatic heterocycles. The molecule has 0 spiro atoms. The zero-order valence-electron chi connectivity index (χ0n) is 12.0. The predicted octanol–water partition coefficient (Wildman–Crippen LogP) is 0.934. The van der Waals surface area contributed by atoms with Gasteiger partial charge >= 0.3 is 5.97 Å². The third-order valence-corrected chi connectivity index (χ3v) is 3.23. The predicted molar refractivity (Wildman–Crippen MR) is 70.9 cm³/mol. The highest BCUT2D eigenvalue weighted by Gasteiger charge is 2.33. The van der Waals surface area contributed by atoms with E-state index >= 15 is 0 Å². The largest absolute Gasteiger partial charge is 0.489 e. The number of methoxy groups -OCH3 is 1. The lowest BCUT2D eigenvalue weighted by Gasteiger charge is -2.23. The Bertz CT molecular complexity index is 524. The topological polar surface area (TPSA) is 73.7 Å². The molecule has 1 aromatic heterocycles. The fraction of sp³-hybridized carbons (Fsp3) is 0.615. The minimum absolute atomic E-state index is 0.0715. The molecular formula is C13H19N3O4. The molecule has 110 valence electrons. The van der Waals surface area contributed by atoms with Crippen LogP contribution in [0.4, 0.5) is 0 Å². The number of likely N-dealkylation sites (N-methyl/N-ethyl adjacent to an activating group) is 1. The normalized spacial score (nSPS) is 14.2. The molecule has 0 bridgehead atoms. The van der Waals surface area contributed by atoms with Gasteiger partial charge in [0, 0.05) is 13.6 Å². The van der Waals surface area contributed by atoms with Gasteiger partial charge in [0.05, 0.1) is 20.3 Å². The number of aromatic nitrogens is 2. The van der Waals surface area contributed by atoms with Gasteiger partial charge in [0.1, 0.15) is 0 Å². The van der Waals surface area contributed by atoms with Gasteiger partial charge in [-0.15, -0.1) is 0 Å². The highest BCUT2D eigenvalue weighted by atomic mass is 16.5. The zero-order chi connectivity index (χ0) is 14.7. The molecule has 0 fully saturated rings. The van der Waals surface area contributed by atoms with E-state index < -0.39 is 5.97 Å². The number of unbranched alkanes of at least 4 members (excludes halogenated alkanes) is 1. The number of hydrogen-bond acceptors (Lipinski definition) is 5. The molecule has 20 heavy (non-hydrogen) atoms. The summed E-state index contributed by atoms with van der Waals surface area (Å²) in [6.07, 6.45) is 1.81. The van der Waals surface area contributed by atoms with Gasteiger partial charge in [-0.2, -0.15) is 5.10 Å². The van der Waals surface area contributed by atoms with Crippen molar-refractivity contribution >= 4 is 11.9 Å². The number of nitrogens with zero attached hydrogens (tertiary/aromatic N) is 3. The van der Waals surface area contributed by atoms with Crippen LogP contribution in [0.3, 0.4) is 0 Å². The molecule has 0 N–H and O–H groups in total. The summed E-state index contributed by atoms with van der Waals surface area (Å²) in [7, 11) is 3.00. The number of rotatable bonds is 5. The Morgan fingerprint density at radius 1 is 1.40 bits per heavy atom. The van der Waals surface area contributed by atoms with Crippen LogP contribution in [0.5, 0.6) is 5.75 Å². The highest BCUT2D eigenvalue weighted by molar-refractivity contribution is 6.00. The Balaban J connectivity index is 2.40. The van der Waals surface area contributed by atoms with Crippen LogP contribution in [-0.2, 0) is 11.3 Å². The van der Waals surface area contributed by atoms with Crippen LogP contribution in [0.15, 0.2) is 0 Å². The van der Waals surface area contributed by atoms with Gasteiger partial charge in [-0.25, -0.2) is 4.79 Å². The third-order valence-electron chi connectivity index (χ3n) is 3.23. The fourth-order valence-corrected chi connectivity index (χ4v) is 2.03. The summed E-state index contributed by atoms with van der Waals surface area (Å²) >= 11 is 0. The minimum Gasteiger partial charge on any atom is -0.489 e. The molecular weight excluding hydrogens is 262 g/mol. The van der Waals surface area contributed by atoms with E-state index in [0.29, 0.717) is 25.4 Å². The van der Waals surface area contributed by atoms with E-state index in [1.165, 1.54) is 11.8 Å². The monoisotopic (exact) mass is 281 g/mol. The third kappa shape index (κ3) is 2.48. The number of esters is 1. The minimum atomic E-state index is -0.589. The Hall–Kier alpha value is -2.05. The fourth-order valence-electron chi connectivity index (χ4n) is 2.03. The van der Waals surface area contributed by atoms with Crippen LogP contribution in [0.2, 0.25) is 0 Å². The van der Waals surface area contributed by atoms with E-state index in [1.807, 2.05) is 6.92 Å². The first-order valence-electron chi connectivity index (χ1n) is 6.67. The van der Waals surface area contributed by atoms with Crippen LogP contribution >= 0.6 is 0 Å². The summed E-state index contributed by atoms with van der Waals surface area (Å²) in [5.74, 6) is -0.541. The molecule has 0 aromatic carbocycles. The Labute approximate surface area is 117 Å². The zero-order valence-corrected chi connectivity index (χ0v) is 12.0. The van der Waals surface area contributed by atoms with Gasteiger partial charge < -0.3 is 14.4 Å². The first kappa shape index (κ1) is 14.4. The lowest BCUT2D eigenvalue weighted by atomic mass is 10.2. The number of hydrogen-bond donors (Lipinski definition) is 0. The summed E-state index contributed by atoms with van der Waals surface area (Å²) in [5, 5.41) is 4.15. The van der Waals surface area contributed by atoms with Crippen molar-refractivity contribution in [2.45, 2.75) is 26.3 Å². The molecule has 2 heterocycles. The maximum Gasteiger partial charge on any atom is 0.362 e. The van der Waals surface area contributed by atoms with E-state index in [2.05, 4.69) is 5.10 Å². The van der Waals surface area contributed by atoms with Gasteiger partial charge in [0.15, 0.2) is 11.4 Å². The van der Waals surface area contributed by atoms with Crippen molar-refractivity contribution in [2.75, 3.05) is 27.3 Å². The van der Waals surface area contributed by atoms with E-state index in [-0.39, 0.29) is 17.4 Å². The summed E-state index contributed by atoms with van der Waals surface area (Å²) in [6.45, 7) is 3.58. The van der Waals surface area contributed by atoms with Crippen LogP contribution in [0.1, 0.15) is 40.7 Å². The van der Waals surface area contributed by atoms with Gasteiger partial charge in [0.2, 0.25) is 5.69 Å². The van der Waals surface area contributed by atoms with Crippen molar-refractivity contribution in [1.82, 2.24) is 14.7 Å². The van der Waals surface area contributed by atoms with Gasteiger partial charge in [-0.05, 0) is 6.42 Å². The lowest BCUT2D eigenvalue weighted by molar-refractivity contribution is 0.0588. The van der Waals surface area contributed by atoms with E-state index in [0.717, 1.165) is 12.8 Å². The molecule has 0 radical (unpaired) electrons. The number of fused-ring (bicyclic) bond motifs is 1. The first-order chi connectivity index (χ1) is 9.60. The maximum absolute atomic E-state index is 12.2. The van der Waals surface area contributed by atoms with Crippen molar-refractivity contribution in [3.63, 3.8) is 0 Å². The van der Waals surface area contributed by atoms with Crippen LogP contribution < -0.4 is 4.74 Å². The smallest absolute Gasteiger partial charge is 0.362 e. The quantitative estimate of drug-likeness (QED) is 0.593. The average Bonchev–Trinajstić information content (AvgIpc) is 2.82. The van der Waals surface area contributed by atoms with Gasteiger partial charge in [-0.1, -0.05) is 13.3 Å². The van der Waals surface area contributed by atoms with Crippen molar-refractivity contribution < 1.29 is 19.1 Å². The molecule has 1 aliphatic rings. The SMILES string of the molecule is CCCCOc1c(C(=O)OC)nn2c1C(=O)N(C)CC2. The molecule has 2 rings (SSSR count). The Kier molecular flexibility index (Phi) is 4.26. The molecule has 1 aromatic rings. The number of carbonyl (C=O) groups is 2. The maximum atomic E-state index is 12.2. The highest BCUT2D eigenvalue weighted by Crippen LogP contribution is 2.28. The van der Waals surface area contributed by atoms with E-state index in [1.54, 1.807) is 11.9 Å². The van der Waals surface area contributed by atoms with E-state index in [4.69, 9.17) is 9.47 Å². The molecule has 0 unspecified atom stereocenters. The summed E-state index contributed by atoms with van der Waals surface area (Å²) < 4.78 is 11.9. The lowest BCUT2D eigenvalue weighted by Crippen LogP contribution is -2.37. The van der Waals surface area contributed by atoms with Crippen LogP contribution in [0.25, 0.3) is 0 Å². The number of carbonyl (C=O) groups excluding carboxylic acids is 2. The number of amides is 1. The molecule has 7 heteroatoms. The van der Waals surface area contributed by atoms with Crippen molar-refractivity contribution in [1.29, 1.82) is 0 Å². The second-order valence-electron chi connectivity index (χ2n) is 4.67. The second-order valence-corrected chi connectivity index (χ2v) is 4.67. The van der Waals surface area contributed by atoms with E-state index in [9.17, 15) is 9.59 Å². The first-order valence-corrected chi connectivity index (χ1v) is 6.67. The molecule has 7 nitrogen and oxygen atoms in total. The molecule has 0 saturated heterocycles. The van der Waals surface area contributed by atoms with Crippen molar-refractivity contribution in [3.8, 4) is 5.75 Å². The van der Waals surface area contributed by atoms with Crippen LogP contribution in [-0.4, -0.2) is 53.9 Å². The molecule has 0 aliphatic carbocycles.